The van der Waals surface area contributed by atoms with Gasteiger partial charge in [-0.1, -0.05) is 6.07 Å². The van der Waals surface area contributed by atoms with Crippen molar-refractivity contribution >= 4 is 23.0 Å². The molecule has 0 aliphatic carbocycles. The lowest BCUT2D eigenvalue weighted by atomic mass is 10.0. The lowest BCUT2D eigenvalue weighted by Gasteiger charge is -2.14. The monoisotopic (exact) mass is 469 g/mol. The zero-order valence-corrected chi connectivity index (χ0v) is 19.4. The molecule has 33 heavy (non-hydrogen) atoms. The van der Waals surface area contributed by atoms with E-state index in [0.29, 0.717) is 40.7 Å². The van der Waals surface area contributed by atoms with Gasteiger partial charge in [-0.2, -0.15) is 0 Å². The van der Waals surface area contributed by atoms with E-state index < -0.39 is 0 Å². The Balaban J connectivity index is 1.41. The second kappa shape index (κ2) is 9.62. The Hall–Kier alpha value is -3.39. The van der Waals surface area contributed by atoms with Crippen molar-refractivity contribution in [1.29, 1.82) is 0 Å². The molecular formula is C25H24FNO5S. The summed E-state index contributed by atoms with van der Waals surface area (Å²) in [6, 6.07) is 11.8. The van der Waals surface area contributed by atoms with E-state index in [-0.39, 0.29) is 30.0 Å². The average Bonchev–Trinajstić information content (AvgIpc) is 3.44. The van der Waals surface area contributed by atoms with Crippen LogP contribution in [-0.4, -0.2) is 38.6 Å². The fraction of sp³-hybridized carbons (Fsp3) is 0.280. The van der Waals surface area contributed by atoms with Crippen LogP contribution < -0.4 is 19.5 Å². The fourth-order valence-corrected chi connectivity index (χ4v) is 4.74. The molecule has 0 radical (unpaired) electrons. The number of Topliss-reactive ketones (excluding diaryl/α,β-unsaturated/α-hetero) is 1. The van der Waals surface area contributed by atoms with Crippen LogP contribution in [-0.2, 0) is 17.6 Å². The highest BCUT2D eigenvalue weighted by Crippen LogP contribution is 2.42. The number of hydrogen-bond donors (Lipinski definition) is 1. The molecule has 6 nitrogen and oxygen atoms in total. The molecule has 0 saturated carbocycles. The van der Waals surface area contributed by atoms with Crippen molar-refractivity contribution in [2.24, 2.45) is 0 Å². The quantitative estimate of drug-likeness (QED) is 0.494. The lowest BCUT2D eigenvalue weighted by molar-refractivity contribution is -0.120. The van der Waals surface area contributed by atoms with E-state index in [1.165, 1.54) is 30.4 Å². The second-order valence-electron chi connectivity index (χ2n) is 7.78. The third-order valence-corrected chi connectivity index (χ3v) is 6.64. The number of fused-ring (bicyclic) bond motifs is 1. The van der Waals surface area contributed by atoms with Crippen molar-refractivity contribution in [2.45, 2.75) is 25.9 Å². The van der Waals surface area contributed by atoms with Gasteiger partial charge in [0.2, 0.25) is 5.91 Å². The van der Waals surface area contributed by atoms with E-state index in [0.717, 1.165) is 16.0 Å². The minimum atomic E-state index is -0.358. The Morgan fingerprint density at radius 3 is 2.61 bits per heavy atom. The molecule has 0 saturated heterocycles. The first kappa shape index (κ1) is 22.8. The van der Waals surface area contributed by atoms with Crippen molar-refractivity contribution < 1.29 is 28.2 Å². The minimum Gasteiger partial charge on any atom is -0.493 e. The van der Waals surface area contributed by atoms with E-state index >= 15 is 0 Å². The first-order valence-corrected chi connectivity index (χ1v) is 11.3. The minimum absolute atomic E-state index is 0.0321. The molecule has 0 bridgehead atoms. The SMILES string of the molecule is COc1ccc(CC(=O)NC[C@@H]2Cc3cc(F)cc(-c4ccc(C(C)=O)s4)c3O2)cc1OC. The van der Waals surface area contributed by atoms with Gasteiger partial charge in [0.05, 0.1) is 32.1 Å². The Kier molecular flexibility index (Phi) is 6.65. The molecule has 2 aromatic carbocycles. The maximum atomic E-state index is 14.3. The Morgan fingerprint density at radius 1 is 1.12 bits per heavy atom. The van der Waals surface area contributed by atoms with E-state index in [9.17, 15) is 14.0 Å². The number of carbonyl (C=O) groups is 2. The fourth-order valence-electron chi connectivity index (χ4n) is 3.83. The van der Waals surface area contributed by atoms with Crippen LogP contribution in [0.4, 0.5) is 4.39 Å². The van der Waals surface area contributed by atoms with E-state index in [1.807, 2.05) is 6.07 Å². The molecule has 1 aromatic heterocycles. The maximum absolute atomic E-state index is 14.3. The number of carbonyl (C=O) groups excluding carboxylic acids is 2. The van der Waals surface area contributed by atoms with Gasteiger partial charge in [0, 0.05) is 22.4 Å². The van der Waals surface area contributed by atoms with Crippen LogP contribution in [0.1, 0.15) is 27.7 Å². The molecule has 2 heterocycles. The van der Waals surface area contributed by atoms with Gasteiger partial charge in [0.25, 0.3) is 0 Å². The molecule has 0 fully saturated rings. The molecule has 0 spiro atoms. The van der Waals surface area contributed by atoms with Gasteiger partial charge in [0.15, 0.2) is 17.3 Å². The molecule has 8 heteroatoms. The molecular weight excluding hydrogens is 445 g/mol. The van der Waals surface area contributed by atoms with Gasteiger partial charge in [-0.05, 0) is 48.9 Å². The standard InChI is InChI=1S/C25H24FNO5S/c1-14(28)22-6-7-23(33-22)19-12-17(26)10-16-11-18(32-25(16)19)13-27-24(29)9-15-4-5-20(30-2)21(8-15)31-3/h4-8,10,12,18H,9,11,13H2,1-3H3,(H,27,29)/t18-/m0/s1. The summed E-state index contributed by atoms with van der Waals surface area (Å²) in [6.07, 6.45) is 0.368. The molecule has 1 amide bonds. The summed E-state index contributed by atoms with van der Waals surface area (Å²) in [5.41, 5.74) is 2.17. The zero-order chi connectivity index (χ0) is 23.5. The third-order valence-electron chi connectivity index (χ3n) is 5.42. The van der Waals surface area contributed by atoms with Crippen LogP contribution in [0, 0.1) is 5.82 Å². The number of methoxy groups -OCH3 is 2. The molecule has 172 valence electrons. The molecule has 1 N–H and O–H groups in total. The summed E-state index contributed by atoms with van der Waals surface area (Å²) in [5, 5.41) is 2.90. The van der Waals surface area contributed by atoms with Crippen molar-refractivity contribution in [3.8, 4) is 27.7 Å². The predicted octanol–water partition coefficient (Wildman–Crippen LogP) is 4.44. The van der Waals surface area contributed by atoms with Crippen molar-refractivity contribution in [3.05, 3.63) is 64.3 Å². The number of nitrogens with one attached hydrogen (secondary N) is 1. The van der Waals surface area contributed by atoms with Crippen LogP contribution in [0.5, 0.6) is 17.2 Å². The first-order chi connectivity index (χ1) is 15.9. The molecule has 3 aromatic rings. The van der Waals surface area contributed by atoms with E-state index in [1.54, 1.807) is 38.5 Å². The van der Waals surface area contributed by atoms with Crippen LogP contribution in [0.2, 0.25) is 0 Å². The summed E-state index contributed by atoms with van der Waals surface area (Å²) in [6.45, 7) is 1.80. The Labute approximate surface area is 195 Å². The normalized spacial score (nSPS) is 14.4. The molecule has 1 aliphatic rings. The number of thiophene rings is 1. The van der Waals surface area contributed by atoms with E-state index in [2.05, 4.69) is 5.32 Å². The second-order valence-corrected chi connectivity index (χ2v) is 8.86. The van der Waals surface area contributed by atoms with Gasteiger partial charge in [-0.15, -0.1) is 11.3 Å². The summed E-state index contributed by atoms with van der Waals surface area (Å²) < 4.78 is 30.9. The number of ether oxygens (including phenoxy) is 3. The number of hydrogen-bond acceptors (Lipinski definition) is 6. The van der Waals surface area contributed by atoms with Gasteiger partial charge in [-0.3, -0.25) is 9.59 Å². The van der Waals surface area contributed by atoms with Crippen molar-refractivity contribution in [2.75, 3.05) is 20.8 Å². The highest BCUT2D eigenvalue weighted by molar-refractivity contribution is 7.17. The van der Waals surface area contributed by atoms with E-state index in [4.69, 9.17) is 14.2 Å². The number of benzene rings is 2. The van der Waals surface area contributed by atoms with Crippen molar-refractivity contribution in [1.82, 2.24) is 5.32 Å². The average molecular weight is 470 g/mol. The lowest BCUT2D eigenvalue weighted by Crippen LogP contribution is -2.35. The first-order valence-electron chi connectivity index (χ1n) is 10.5. The predicted molar refractivity (Wildman–Crippen MR) is 124 cm³/mol. The Morgan fingerprint density at radius 2 is 1.91 bits per heavy atom. The highest BCUT2D eigenvalue weighted by atomic mass is 32.1. The number of ketones is 1. The number of amides is 1. The zero-order valence-electron chi connectivity index (χ0n) is 18.6. The molecule has 4 rings (SSSR count). The smallest absolute Gasteiger partial charge is 0.224 e. The summed E-state index contributed by atoms with van der Waals surface area (Å²) in [7, 11) is 3.10. The van der Waals surface area contributed by atoms with Crippen LogP contribution in [0.3, 0.4) is 0 Å². The van der Waals surface area contributed by atoms with Crippen molar-refractivity contribution in [3.63, 3.8) is 0 Å². The van der Waals surface area contributed by atoms with Crippen LogP contribution in [0.15, 0.2) is 42.5 Å². The Bertz CT molecular complexity index is 1210. The highest BCUT2D eigenvalue weighted by Gasteiger charge is 2.28. The molecule has 1 atom stereocenters. The van der Waals surface area contributed by atoms with Crippen LogP contribution in [0.25, 0.3) is 10.4 Å². The number of rotatable bonds is 8. The van der Waals surface area contributed by atoms with Crippen LogP contribution >= 0.6 is 11.3 Å². The summed E-state index contributed by atoms with van der Waals surface area (Å²) in [5.74, 6) is 1.22. The molecule has 0 unspecified atom stereocenters. The topological polar surface area (TPSA) is 73.9 Å². The van der Waals surface area contributed by atoms with Gasteiger partial charge in [0.1, 0.15) is 17.7 Å². The van der Waals surface area contributed by atoms with Gasteiger partial charge >= 0.3 is 0 Å². The summed E-state index contributed by atoms with van der Waals surface area (Å²) >= 11 is 1.31. The molecule has 1 aliphatic heterocycles. The van der Waals surface area contributed by atoms with Gasteiger partial charge in [-0.25, -0.2) is 4.39 Å². The summed E-state index contributed by atoms with van der Waals surface area (Å²) in [4.78, 5) is 25.5. The third kappa shape index (κ3) is 5.01. The maximum Gasteiger partial charge on any atom is 0.224 e. The van der Waals surface area contributed by atoms with Gasteiger partial charge < -0.3 is 19.5 Å². The largest absolute Gasteiger partial charge is 0.493 e. The number of halogens is 1.